The lowest BCUT2D eigenvalue weighted by Crippen LogP contribution is -2.43. The summed E-state index contributed by atoms with van der Waals surface area (Å²) in [5.74, 6) is -0.936. The number of para-hydroxylation sites is 1. The van der Waals surface area contributed by atoms with E-state index >= 15 is 0 Å². The molecule has 2 amide bonds. The molecule has 0 fully saturated rings. The molecule has 1 aliphatic rings. The van der Waals surface area contributed by atoms with Crippen LogP contribution in [-0.4, -0.2) is 42.3 Å². The summed E-state index contributed by atoms with van der Waals surface area (Å²) in [6, 6.07) is 19.4. The molecule has 0 radical (unpaired) electrons. The van der Waals surface area contributed by atoms with Gasteiger partial charge in [-0.1, -0.05) is 48.5 Å². The zero-order chi connectivity index (χ0) is 19.2. The molecular weight excluding hydrogens is 344 g/mol. The first-order valence-electron chi connectivity index (χ1n) is 8.74. The average Bonchev–Trinajstić information content (AvgIpc) is 3.18. The van der Waals surface area contributed by atoms with Gasteiger partial charge in [0, 0.05) is 13.5 Å². The Bertz CT molecular complexity index is 824. The smallest absolute Gasteiger partial charge is 0.267 e. The highest BCUT2D eigenvalue weighted by Gasteiger charge is 2.32. The number of likely N-dealkylation sites (N-methyl/N-ethyl adjacent to an activating group) is 1. The van der Waals surface area contributed by atoms with Crippen molar-refractivity contribution >= 4 is 23.2 Å². The van der Waals surface area contributed by atoms with Gasteiger partial charge in [-0.25, -0.2) is 0 Å². The van der Waals surface area contributed by atoms with Crippen molar-refractivity contribution < 1.29 is 14.7 Å². The summed E-state index contributed by atoms with van der Waals surface area (Å²) >= 11 is 0. The Labute approximate surface area is 157 Å². The van der Waals surface area contributed by atoms with Gasteiger partial charge in [0.25, 0.3) is 5.91 Å². The zero-order valence-electron chi connectivity index (χ0n) is 15.0. The van der Waals surface area contributed by atoms with Crippen LogP contribution in [0.3, 0.4) is 0 Å². The van der Waals surface area contributed by atoms with E-state index in [1.165, 1.54) is 7.05 Å². The Balaban J connectivity index is 1.78. The van der Waals surface area contributed by atoms with Crippen molar-refractivity contribution in [2.45, 2.75) is 18.6 Å². The standard InChI is InChI=1S/C20H22N4O3/c1-21-20(27)18(25)13-22-19(26)16-12-17(14-8-4-2-5-9-14)24(23-16)15-10-6-3-7-11-15/h2-11,17-18,25H,12-13H2,1H3,(H,21,27)(H,22,26)/t17-,18+/m1/s1. The maximum absolute atomic E-state index is 12.5. The van der Waals surface area contributed by atoms with Crippen LogP contribution in [0.5, 0.6) is 0 Å². The fourth-order valence-electron chi connectivity index (χ4n) is 2.95. The molecular formula is C20H22N4O3. The maximum Gasteiger partial charge on any atom is 0.267 e. The summed E-state index contributed by atoms with van der Waals surface area (Å²) in [5.41, 5.74) is 2.30. The van der Waals surface area contributed by atoms with E-state index in [1.807, 2.05) is 65.7 Å². The van der Waals surface area contributed by atoms with Crippen LogP contribution >= 0.6 is 0 Å². The number of nitrogens with one attached hydrogen (secondary N) is 2. The predicted molar refractivity (Wildman–Crippen MR) is 103 cm³/mol. The molecule has 2 atom stereocenters. The summed E-state index contributed by atoms with van der Waals surface area (Å²) in [7, 11) is 1.43. The molecule has 0 saturated heterocycles. The van der Waals surface area contributed by atoms with Gasteiger partial charge in [-0.15, -0.1) is 0 Å². The summed E-state index contributed by atoms with van der Waals surface area (Å²) < 4.78 is 0. The molecule has 140 valence electrons. The van der Waals surface area contributed by atoms with Crippen molar-refractivity contribution in [1.29, 1.82) is 0 Å². The molecule has 7 nitrogen and oxygen atoms in total. The Kier molecular flexibility index (Phi) is 5.83. The molecule has 0 bridgehead atoms. The van der Waals surface area contributed by atoms with Crippen molar-refractivity contribution in [1.82, 2.24) is 10.6 Å². The van der Waals surface area contributed by atoms with Gasteiger partial charge in [0.1, 0.15) is 11.8 Å². The van der Waals surface area contributed by atoms with E-state index in [-0.39, 0.29) is 12.6 Å². The summed E-state index contributed by atoms with van der Waals surface area (Å²) in [4.78, 5) is 23.9. The van der Waals surface area contributed by atoms with Crippen LogP contribution in [0.25, 0.3) is 0 Å². The van der Waals surface area contributed by atoms with Gasteiger partial charge >= 0.3 is 0 Å². The van der Waals surface area contributed by atoms with Gasteiger partial charge in [-0.2, -0.15) is 5.10 Å². The van der Waals surface area contributed by atoms with Crippen LogP contribution in [0.2, 0.25) is 0 Å². The highest BCUT2D eigenvalue weighted by molar-refractivity contribution is 6.39. The van der Waals surface area contributed by atoms with Crippen LogP contribution in [-0.2, 0) is 9.59 Å². The van der Waals surface area contributed by atoms with Crippen molar-refractivity contribution in [3.05, 3.63) is 66.2 Å². The molecule has 0 spiro atoms. The normalized spacial score (nSPS) is 17.2. The highest BCUT2D eigenvalue weighted by atomic mass is 16.3. The number of hydrazone groups is 1. The number of anilines is 1. The number of amides is 2. The van der Waals surface area contributed by atoms with E-state index in [0.717, 1.165) is 11.3 Å². The quantitative estimate of drug-likeness (QED) is 0.716. The van der Waals surface area contributed by atoms with Crippen molar-refractivity contribution in [3.63, 3.8) is 0 Å². The molecule has 0 aromatic heterocycles. The minimum Gasteiger partial charge on any atom is -0.381 e. The largest absolute Gasteiger partial charge is 0.381 e. The van der Waals surface area contributed by atoms with Gasteiger partial charge in [-0.05, 0) is 17.7 Å². The number of carbonyl (C=O) groups excluding carboxylic acids is 2. The maximum atomic E-state index is 12.5. The first kappa shape index (κ1) is 18.6. The minimum atomic E-state index is -1.30. The van der Waals surface area contributed by atoms with Crippen molar-refractivity contribution in [2.24, 2.45) is 5.10 Å². The van der Waals surface area contributed by atoms with E-state index < -0.39 is 17.9 Å². The fourth-order valence-corrected chi connectivity index (χ4v) is 2.95. The number of hydrogen-bond donors (Lipinski definition) is 3. The molecule has 1 heterocycles. The number of aliphatic hydroxyl groups is 1. The zero-order valence-corrected chi connectivity index (χ0v) is 15.0. The average molecular weight is 366 g/mol. The second-order valence-corrected chi connectivity index (χ2v) is 6.20. The molecule has 0 aliphatic carbocycles. The van der Waals surface area contributed by atoms with Crippen molar-refractivity contribution in [3.8, 4) is 0 Å². The molecule has 0 saturated carbocycles. The number of benzene rings is 2. The molecule has 7 heteroatoms. The van der Waals surface area contributed by atoms with E-state index in [9.17, 15) is 14.7 Å². The number of aliphatic hydroxyl groups excluding tert-OH is 1. The van der Waals surface area contributed by atoms with E-state index in [2.05, 4.69) is 15.7 Å². The fraction of sp³-hybridized carbons (Fsp3) is 0.250. The van der Waals surface area contributed by atoms with Crippen LogP contribution < -0.4 is 15.6 Å². The summed E-state index contributed by atoms with van der Waals surface area (Å²) in [6.45, 7) is -0.168. The van der Waals surface area contributed by atoms with Gasteiger partial charge in [0.2, 0.25) is 5.91 Å². The van der Waals surface area contributed by atoms with Crippen molar-refractivity contribution in [2.75, 3.05) is 18.6 Å². The second-order valence-electron chi connectivity index (χ2n) is 6.20. The lowest BCUT2D eigenvalue weighted by atomic mass is 10.0. The van der Waals surface area contributed by atoms with E-state index in [4.69, 9.17) is 0 Å². The van der Waals surface area contributed by atoms with Gasteiger partial charge < -0.3 is 15.7 Å². The Morgan fingerprint density at radius 1 is 1.15 bits per heavy atom. The molecule has 2 aromatic carbocycles. The molecule has 2 aromatic rings. The van der Waals surface area contributed by atoms with Crippen LogP contribution in [0.4, 0.5) is 5.69 Å². The number of carbonyl (C=O) groups is 2. The summed E-state index contributed by atoms with van der Waals surface area (Å²) in [5, 5.41) is 21.0. The lowest BCUT2D eigenvalue weighted by molar-refractivity contribution is -0.128. The molecule has 3 rings (SSSR count). The van der Waals surface area contributed by atoms with Crippen LogP contribution in [0.15, 0.2) is 65.8 Å². The number of rotatable bonds is 6. The Morgan fingerprint density at radius 3 is 2.41 bits per heavy atom. The molecule has 0 unspecified atom stereocenters. The van der Waals surface area contributed by atoms with E-state index in [1.54, 1.807) is 0 Å². The van der Waals surface area contributed by atoms with Crippen LogP contribution in [0, 0.1) is 0 Å². The van der Waals surface area contributed by atoms with Gasteiger partial charge in [0.15, 0.2) is 0 Å². The first-order valence-corrected chi connectivity index (χ1v) is 8.74. The third kappa shape index (κ3) is 4.32. The van der Waals surface area contributed by atoms with E-state index in [0.29, 0.717) is 12.1 Å². The Hall–Kier alpha value is -3.19. The van der Waals surface area contributed by atoms with Gasteiger partial charge in [0.05, 0.1) is 18.3 Å². The molecule has 1 aliphatic heterocycles. The third-order valence-electron chi connectivity index (χ3n) is 4.38. The monoisotopic (exact) mass is 366 g/mol. The molecule has 27 heavy (non-hydrogen) atoms. The number of hydrogen-bond acceptors (Lipinski definition) is 5. The third-order valence-corrected chi connectivity index (χ3v) is 4.38. The van der Waals surface area contributed by atoms with Gasteiger partial charge in [-0.3, -0.25) is 14.6 Å². The van der Waals surface area contributed by atoms with Crippen LogP contribution in [0.1, 0.15) is 18.0 Å². The highest BCUT2D eigenvalue weighted by Crippen LogP contribution is 2.34. The SMILES string of the molecule is CNC(=O)[C@@H](O)CNC(=O)C1=NN(c2ccccc2)[C@@H](c2ccccc2)C1. The minimum absolute atomic E-state index is 0.0989. The molecule has 3 N–H and O–H groups in total. The summed E-state index contributed by atoms with van der Waals surface area (Å²) in [6.07, 6.45) is -0.864. The topological polar surface area (TPSA) is 94.0 Å². The Morgan fingerprint density at radius 2 is 1.78 bits per heavy atom. The first-order chi connectivity index (χ1) is 13.1. The number of nitrogens with zero attached hydrogens (tertiary/aromatic N) is 2. The second kappa shape index (κ2) is 8.46. The predicted octanol–water partition coefficient (Wildman–Crippen LogP) is 1.22. The lowest BCUT2D eigenvalue weighted by Gasteiger charge is -2.23.